The molecule has 2 N–H and O–H groups in total. The third-order valence-corrected chi connectivity index (χ3v) is 4.20. The third-order valence-electron chi connectivity index (χ3n) is 2.79. The van der Waals surface area contributed by atoms with Crippen molar-refractivity contribution in [2.45, 2.75) is 37.1 Å². The van der Waals surface area contributed by atoms with Crippen LogP contribution in [0.25, 0.3) is 0 Å². The molecule has 0 aromatic heterocycles. The predicted octanol–water partition coefficient (Wildman–Crippen LogP) is 3.75. The summed E-state index contributed by atoms with van der Waals surface area (Å²) in [5, 5.41) is 0.790. The van der Waals surface area contributed by atoms with E-state index in [1.165, 1.54) is 10.5 Å². The molecule has 0 radical (unpaired) electrons. The van der Waals surface area contributed by atoms with Crippen molar-refractivity contribution in [1.82, 2.24) is 0 Å². The van der Waals surface area contributed by atoms with Crippen LogP contribution in [0.4, 0.5) is 0 Å². The number of hydrogen-bond donors (Lipinski definition) is 1. The summed E-state index contributed by atoms with van der Waals surface area (Å²) in [6.07, 6.45) is 2.96. The number of nitrogens with two attached hydrogens (primary N) is 1. The van der Waals surface area contributed by atoms with Crippen molar-refractivity contribution < 1.29 is 4.74 Å². The number of ether oxygens (including phenoxy) is 1. The number of benzene rings is 1. The van der Waals surface area contributed by atoms with Crippen LogP contribution in [0.1, 0.15) is 25.3 Å². The second-order valence-electron chi connectivity index (χ2n) is 4.32. The van der Waals surface area contributed by atoms with Gasteiger partial charge in [0.1, 0.15) is 0 Å². The standard InChI is InChI=1S/C14H22ClNOS/c1-3-13(16)9-11-5-6-12(15)10-14(11)18-8-4-7-17-2/h5-6,10,13H,3-4,7-9,16H2,1-2H3. The maximum atomic E-state index is 6.06. The van der Waals surface area contributed by atoms with Gasteiger partial charge in [0, 0.05) is 35.4 Å². The van der Waals surface area contributed by atoms with Gasteiger partial charge in [-0.1, -0.05) is 24.6 Å². The molecule has 0 spiro atoms. The zero-order valence-corrected chi connectivity index (χ0v) is 12.7. The topological polar surface area (TPSA) is 35.2 Å². The van der Waals surface area contributed by atoms with Crippen molar-refractivity contribution >= 4 is 23.4 Å². The summed E-state index contributed by atoms with van der Waals surface area (Å²) in [6, 6.07) is 6.30. The van der Waals surface area contributed by atoms with Crippen molar-refractivity contribution in [3.05, 3.63) is 28.8 Å². The van der Waals surface area contributed by atoms with Crippen molar-refractivity contribution in [1.29, 1.82) is 0 Å². The molecule has 0 bridgehead atoms. The molecule has 0 heterocycles. The Balaban J connectivity index is 2.64. The van der Waals surface area contributed by atoms with Crippen LogP contribution in [0.3, 0.4) is 0 Å². The zero-order chi connectivity index (χ0) is 13.4. The van der Waals surface area contributed by atoms with Gasteiger partial charge in [-0.2, -0.15) is 0 Å². The van der Waals surface area contributed by atoms with Gasteiger partial charge in [0.05, 0.1) is 0 Å². The van der Waals surface area contributed by atoms with Crippen LogP contribution in [-0.2, 0) is 11.2 Å². The number of methoxy groups -OCH3 is 1. The summed E-state index contributed by atoms with van der Waals surface area (Å²) < 4.78 is 5.06. The highest BCUT2D eigenvalue weighted by Crippen LogP contribution is 2.27. The van der Waals surface area contributed by atoms with Gasteiger partial charge in [-0.05, 0) is 37.0 Å². The second-order valence-corrected chi connectivity index (χ2v) is 5.89. The van der Waals surface area contributed by atoms with E-state index in [0.29, 0.717) is 0 Å². The number of thioether (sulfide) groups is 1. The molecular weight excluding hydrogens is 266 g/mol. The normalized spacial score (nSPS) is 12.7. The molecular formula is C14H22ClNOS. The molecule has 0 aliphatic heterocycles. The molecule has 0 aliphatic carbocycles. The lowest BCUT2D eigenvalue weighted by Gasteiger charge is -2.13. The van der Waals surface area contributed by atoms with E-state index in [-0.39, 0.29) is 6.04 Å². The Bertz CT molecular complexity index is 360. The third kappa shape index (κ3) is 5.61. The van der Waals surface area contributed by atoms with E-state index in [1.54, 1.807) is 7.11 Å². The zero-order valence-electron chi connectivity index (χ0n) is 11.1. The van der Waals surface area contributed by atoms with E-state index in [1.807, 2.05) is 23.9 Å². The first-order chi connectivity index (χ1) is 8.67. The van der Waals surface area contributed by atoms with Gasteiger partial charge in [0.2, 0.25) is 0 Å². The Morgan fingerprint density at radius 1 is 1.44 bits per heavy atom. The molecule has 18 heavy (non-hydrogen) atoms. The molecule has 1 rings (SSSR count). The molecule has 1 aromatic carbocycles. The maximum Gasteiger partial charge on any atom is 0.0470 e. The van der Waals surface area contributed by atoms with E-state index in [0.717, 1.165) is 36.6 Å². The molecule has 0 amide bonds. The van der Waals surface area contributed by atoms with Gasteiger partial charge in [-0.15, -0.1) is 11.8 Å². The van der Waals surface area contributed by atoms with Crippen molar-refractivity contribution in [3.63, 3.8) is 0 Å². The molecule has 4 heteroatoms. The van der Waals surface area contributed by atoms with Gasteiger partial charge in [0.25, 0.3) is 0 Å². The minimum absolute atomic E-state index is 0.226. The Labute approximate surface area is 119 Å². The van der Waals surface area contributed by atoms with Crippen LogP contribution in [0.2, 0.25) is 5.02 Å². The minimum atomic E-state index is 0.226. The van der Waals surface area contributed by atoms with Crippen LogP contribution in [0.15, 0.2) is 23.1 Å². The molecule has 102 valence electrons. The lowest BCUT2D eigenvalue weighted by molar-refractivity contribution is 0.200. The molecule has 1 atom stereocenters. The highest BCUT2D eigenvalue weighted by Gasteiger charge is 2.08. The smallest absolute Gasteiger partial charge is 0.0470 e. The largest absolute Gasteiger partial charge is 0.385 e. The van der Waals surface area contributed by atoms with E-state index >= 15 is 0 Å². The fraction of sp³-hybridized carbons (Fsp3) is 0.571. The SMILES string of the molecule is CCC(N)Cc1ccc(Cl)cc1SCCCOC. The predicted molar refractivity (Wildman–Crippen MR) is 80.6 cm³/mol. The average Bonchev–Trinajstić information content (AvgIpc) is 2.37. The van der Waals surface area contributed by atoms with Gasteiger partial charge in [0.15, 0.2) is 0 Å². The number of halogens is 1. The van der Waals surface area contributed by atoms with E-state index in [9.17, 15) is 0 Å². The molecule has 0 saturated carbocycles. The number of rotatable bonds is 8. The Kier molecular flexibility index (Phi) is 7.75. The van der Waals surface area contributed by atoms with Gasteiger partial charge in [-0.3, -0.25) is 0 Å². The first-order valence-electron chi connectivity index (χ1n) is 6.33. The van der Waals surface area contributed by atoms with Crippen molar-refractivity contribution in [2.75, 3.05) is 19.5 Å². The quantitative estimate of drug-likeness (QED) is 0.584. The molecule has 1 aromatic rings. The summed E-state index contributed by atoms with van der Waals surface area (Å²) in [7, 11) is 1.73. The first kappa shape index (κ1) is 15.8. The van der Waals surface area contributed by atoms with Crippen LogP contribution >= 0.6 is 23.4 Å². The van der Waals surface area contributed by atoms with E-state index < -0.39 is 0 Å². The van der Waals surface area contributed by atoms with Crippen LogP contribution in [-0.4, -0.2) is 25.5 Å². The van der Waals surface area contributed by atoms with Crippen LogP contribution < -0.4 is 5.73 Å². The Morgan fingerprint density at radius 2 is 2.22 bits per heavy atom. The fourth-order valence-electron chi connectivity index (χ4n) is 1.64. The highest BCUT2D eigenvalue weighted by molar-refractivity contribution is 7.99. The molecule has 1 unspecified atom stereocenters. The van der Waals surface area contributed by atoms with Gasteiger partial charge < -0.3 is 10.5 Å². The van der Waals surface area contributed by atoms with Crippen molar-refractivity contribution in [3.8, 4) is 0 Å². The van der Waals surface area contributed by atoms with Crippen LogP contribution in [0, 0.1) is 0 Å². The highest BCUT2D eigenvalue weighted by atomic mass is 35.5. The maximum absolute atomic E-state index is 6.06. The Hall–Kier alpha value is -0.220. The summed E-state index contributed by atoms with van der Waals surface area (Å²) >= 11 is 7.89. The minimum Gasteiger partial charge on any atom is -0.385 e. The van der Waals surface area contributed by atoms with Crippen molar-refractivity contribution in [2.24, 2.45) is 5.73 Å². The monoisotopic (exact) mass is 287 g/mol. The second kappa shape index (κ2) is 8.81. The summed E-state index contributed by atoms with van der Waals surface area (Å²) in [5.41, 5.74) is 7.33. The molecule has 0 saturated heterocycles. The van der Waals surface area contributed by atoms with E-state index in [4.69, 9.17) is 22.1 Å². The Morgan fingerprint density at radius 3 is 2.89 bits per heavy atom. The summed E-state index contributed by atoms with van der Waals surface area (Å²) in [5.74, 6) is 1.04. The van der Waals surface area contributed by atoms with Gasteiger partial charge in [-0.25, -0.2) is 0 Å². The van der Waals surface area contributed by atoms with E-state index in [2.05, 4.69) is 13.0 Å². The van der Waals surface area contributed by atoms with Gasteiger partial charge >= 0.3 is 0 Å². The molecule has 2 nitrogen and oxygen atoms in total. The molecule has 0 aliphatic rings. The van der Waals surface area contributed by atoms with Crippen LogP contribution in [0.5, 0.6) is 0 Å². The fourth-order valence-corrected chi connectivity index (χ4v) is 2.91. The first-order valence-corrected chi connectivity index (χ1v) is 7.69. The summed E-state index contributed by atoms with van der Waals surface area (Å²) in [4.78, 5) is 1.25. The lowest BCUT2D eigenvalue weighted by Crippen LogP contribution is -2.21. The number of hydrogen-bond acceptors (Lipinski definition) is 3. The average molecular weight is 288 g/mol. The lowest BCUT2D eigenvalue weighted by atomic mass is 10.1. The molecule has 0 fully saturated rings. The summed E-state index contributed by atoms with van der Waals surface area (Å²) in [6.45, 7) is 2.92.